The summed E-state index contributed by atoms with van der Waals surface area (Å²) in [6.45, 7) is 1.87. The van der Waals surface area contributed by atoms with Crippen molar-refractivity contribution in [2.24, 2.45) is 0 Å². The Morgan fingerprint density at radius 3 is 2.47 bits per heavy atom. The Labute approximate surface area is 191 Å². The Bertz CT molecular complexity index is 1370. The molecule has 1 atom stereocenters. The molecule has 0 saturated heterocycles. The van der Waals surface area contributed by atoms with Crippen LogP contribution in [0.25, 0.3) is 5.69 Å². The second-order valence-electron chi connectivity index (χ2n) is 7.83. The number of ether oxygens (including phenoxy) is 1. The van der Waals surface area contributed by atoms with Crippen molar-refractivity contribution in [3.05, 3.63) is 83.6 Å². The first-order valence-corrected chi connectivity index (χ1v) is 10.2. The van der Waals surface area contributed by atoms with Crippen LogP contribution in [0.3, 0.4) is 0 Å². The van der Waals surface area contributed by atoms with Crippen molar-refractivity contribution in [1.82, 2.24) is 19.5 Å². The van der Waals surface area contributed by atoms with Crippen LogP contribution < -0.4 is 15.0 Å². The van der Waals surface area contributed by atoms with Gasteiger partial charge in [-0.1, -0.05) is 0 Å². The van der Waals surface area contributed by atoms with E-state index in [-0.39, 0.29) is 18.1 Å². The Morgan fingerprint density at radius 1 is 1.03 bits per heavy atom. The van der Waals surface area contributed by atoms with Gasteiger partial charge in [-0.15, -0.1) is 0 Å². The second-order valence-corrected chi connectivity index (χ2v) is 7.83. The number of nitrogens with zero attached hydrogens (tertiary/aromatic N) is 5. The van der Waals surface area contributed by atoms with E-state index in [1.165, 1.54) is 18.6 Å². The van der Waals surface area contributed by atoms with Crippen molar-refractivity contribution >= 4 is 17.5 Å². The molecule has 0 spiro atoms. The average molecular weight is 470 g/mol. The Kier molecular flexibility index (Phi) is 5.31. The van der Waals surface area contributed by atoms with E-state index in [1.807, 2.05) is 6.92 Å². The van der Waals surface area contributed by atoms with E-state index in [1.54, 1.807) is 34.8 Å². The maximum atomic E-state index is 14.7. The van der Waals surface area contributed by atoms with E-state index in [2.05, 4.69) is 20.3 Å². The van der Waals surface area contributed by atoms with E-state index < -0.39 is 29.3 Å². The number of benzene rings is 2. The minimum absolute atomic E-state index is 0.0601. The number of hydrogen-bond donors (Lipinski definition) is 1. The van der Waals surface area contributed by atoms with Crippen LogP contribution in [-0.4, -0.2) is 33.2 Å². The molecule has 5 rings (SSSR count). The molecule has 0 aliphatic carbocycles. The lowest BCUT2D eigenvalue weighted by molar-refractivity contribution is 0.264. The van der Waals surface area contributed by atoms with E-state index in [0.29, 0.717) is 22.9 Å². The van der Waals surface area contributed by atoms with Crippen LogP contribution in [0.15, 0.2) is 49.1 Å². The number of likely N-dealkylation sites (N-methyl/N-ethyl adjacent to an activating group) is 1. The lowest BCUT2D eigenvalue weighted by Crippen LogP contribution is -2.34. The summed E-state index contributed by atoms with van der Waals surface area (Å²) < 4.78 is 62.8. The van der Waals surface area contributed by atoms with E-state index in [0.717, 1.165) is 17.8 Å². The van der Waals surface area contributed by atoms with Crippen molar-refractivity contribution in [2.45, 2.75) is 13.0 Å². The zero-order chi connectivity index (χ0) is 24.0. The van der Waals surface area contributed by atoms with Gasteiger partial charge in [0.2, 0.25) is 5.95 Å². The number of nitrogens with one attached hydrogen (secondary N) is 1. The highest BCUT2D eigenvalue weighted by Crippen LogP contribution is 2.37. The standard InChI is InChI=1S/C23H18F4N6O/c1-12-9-33(11-29-12)18-4-3-14(7-15(18)24)30-23-28-8-20-22(31-23)32(2)19(10-34-20)13-5-16(25)21(27)17(26)6-13/h3-9,11,19H,10H2,1-2H3,(H,28,30,31). The molecule has 11 heteroatoms. The first-order valence-electron chi connectivity index (χ1n) is 10.2. The van der Waals surface area contributed by atoms with Crippen molar-refractivity contribution in [3.63, 3.8) is 0 Å². The third-order valence-electron chi connectivity index (χ3n) is 5.52. The minimum Gasteiger partial charge on any atom is -0.486 e. The van der Waals surface area contributed by atoms with Gasteiger partial charge in [0.05, 0.1) is 29.9 Å². The topological polar surface area (TPSA) is 68.1 Å². The van der Waals surface area contributed by atoms with Crippen LogP contribution in [0.1, 0.15) is 17.3 Å². The van der Waals surface area contributed by atoms with Gasteiger partial charge in [-0.05, 0) is 42.8 Å². The smallest absolute Gasteiger partial charge is 0.229 e. The summed E-state index contributed by atoms with van der Waals surface area (Å²) in [7, 11) is 1.67. The number of halogens is 4. The predicted molar refractivity (Wildman–Crippen MR) is 117 cm³/mol. The highest BCUT2D eigenvalue weighted by molar-refractivity contribution is 5.61. The van der Waals surface area contributed by atoms with Gasteiger partial charge in [-0.3, -0.25) is 0 Å². The lowest BCUT2D eigenvalue weighted by atomic mass is 10.0. The summed E-state index contributed by atoms with van der Waals surface area (Å²) in [6, 6.07) is 5.82. The summed E-state index contributed by atoms with van der Waals surface area (Å²) in [5, 5.41) is 2.94. The maximum absolute atomic E-state index is 14.7. The first kappa shape index (κ1) is 21.7. The molecule has 0 fully saturated rings. The third-order valence-corrected chi connectivity index (χ3v) is 5.52. The van der Waals surface area contributed by atoms with Crippen LogP contribution in [0.5, 0.6) is 5.75 Å². The number of aromatic nitrogens is 4. The zero-order valence-electron chi connectivity index (χ0n) is 18.1. The minimum atomic E-state index is -1.53. The number of anilines is 3. The van der Waals surface area contributed by atoms with Gasteiger partial charge in [-0.25, -0.2) is 27.5 Å². The van der Waals surface area contributed by atoms with Crippen molar-refractivity contribution in [3.8, 4) is 11.4 Å². The van der Waals surface area contributed by atoms with Crippen LogP contribution in [0.4, 0.5) is 35.0 Å². The van der Waals surface area contributed by atoms with Gasteiger partial charge in [-0.2, -0.15) is 4.98 Å². The van der Waals surface area contributed by atoms with Crippen LogP contribution in [0, 0.1) is 30.2 Å². The van der Waals surface area contributed by atoms with Gasteiger partial charge in [0.15, 0.2) is 29.0 Å². The normalized spacial score (nSPS) is 15.1. The highest BCUT2D eigenvalue weighted by Gasteiger charge is 2.29. The first-order chi connectivity index (χ1) is 16.3. The molecule has 7 nitrogen and oxygen atoms in total. The molecule has 2 aromatic heterocycles. The quantitative estimate of drug-likeness (QED) is 0.340. The number of aryl methyl sites for hydroxylation is 1. The van der Waals surface area contributed by atoms with Gasteiger partial charge < -0.3 is 19.5 Å². The Morgan fingerprint density at radius 2 is 1.79 bits per heavy atom. The fourth-order valence-corrected chi connectivity index (χ4v) is 3.77. The maximum Gasteiger partial charge on any atom is 0.229 e. The molecule has 174 valence electrons. The summed E-state index contributed by atoms with van der Waals surface area (Å²) in [4.78, 5) is 14.4. The van der Waals surface area contributed by atoms with Gasteiger partial charge in [0, 0.05) is 18.9 Å². The fourth-order valence-electron chi connectivity index (χ4n) is 3.77. The molecule has 0 amide bonds. The molecule has 0 radical (unpaired) electrons. The zero-order valence-corrected chi connectivity index (χ0v) is 18.1. The molecular formula is C23H18F4N6O. The predicted octanol–water partition coefficient (Wildman–Crippen LogP) is 4.84. The molecule has 3 heterocycles. The SMILES string of the molecule is Cc1cn(-c2ccc(Nc3ncc4c(n3)N(C)C(c3cc(F)c(F)c(F)c3)CO4)cc2F)cn1. The number of imidazole rings is 1. The van der Waals surface area contributed by atoms with Gasteiger partial charge in [0.25, 0.3) is 0 Å². The molecular weight excluding hydrogens is 452 g/mol. The van der Waals surface area contributed by atoms with Crippen molar-refractivity contribution < 1.29 is 22.3 Å². The summed E-state index contributed by atoms with van der Waals surface area (Å²) in [5.74, 6) is -3.68. The Balaban J connectivity index is 1.40. The highest BCUT2D eigenvalue weighted by atomic mass is 19.2. The lowest BCUT2D eigenvalue weighted by Gasteiger charge is -2.35. The van der Waals surface area contributed by atoms with Crippen molar-refractivity contribution in [1.29, 1.82) is 0 Å². The third kappa shape index (κ3) is 3.89. The monoisotopic (exact) mass is 470 g/mol. The average Bonchev–Trinajstić information content (AvgIpc) is 3.24. The Hall–Kier alpha value is -4.15. The van der Waals surface area contributed by atoms with E-state index >= 15 is 0 Å². The molecule has 0 saturated carbocycles. The fraction of sp³-hybridized carbons (Fsp3) is 0.174. The van der Waals surface area contributed by atoms with E-state index in [9.17, 15) is 17.6 Å². The number of rotatable bonds is 4. The van der Waals surface area contributed by atoms with Crippen LogP contribution in [0.2, 0.25) is 0 Å². The van der Waals surface area contributed by atoms with Crippen molar-refractivity contribution in [2.75, 3.05) is 23.9 Å². The largest absolute Gasteiger partial charge is 0.486 e. The molecule has 0 bridgehead atoms. The molecule has 4 aromatic rings. The molecule has 1 aliphatic rings. The second kappa shape index (κ2) is 8.32. The molecule has 1 aliphatic heterocycles. The number of fused-ring (bicyclic) bond motifs is 1. The molecule has 1 unspecified atom stereocenters. The van der Waals surface area contributed by atoms with E-state index in [4.69, 9.17) is 4.74 Å². The van der Waals surface area contributed by atoms with Crippen LogP contribution >= 0.6 is 0 Å². The summed E-state index contributed by atoms with van der Waals surface area (Å²) >= 11 is 0. The summed E-state index contributed by atoms with van der Waals surface area (Å²) in [6.07, 6.45) is 4.68. The van der Waals surface area contributed by atoms with Crippen LogP contribution in [-0.2, 0) is 0 Å². The number of hydrogen-bond acceptors (Lipinski definition) is 6. The molecule has 1 N–H and O–H groups in total. The molecule has 2 aromatic carbocycles. The molecule has 34 heavy (non-hydrogen) atoms. The van der Waals surface area contributed by atoms with Gasteiger partial charge in [0.1, 0.15) is 12.4 Å². The van der Waals surface area contributed by atoms with Gasteiger partial charge >= 0.3 is 0 Å². The summed E-state index contributed by atoms with van der Waals surface area (Å²) in [5.41, 5.74) is 1.72.